The molecule has 1 amide bonds. The van der Waals surface area contributed by atoms with E-state index in [0.29, 0.717) is 29.3 Å². The van der Waals surface area contributed by atoms with E-state index in [0.717, 1.165) is 19.3 Å². The number of anilines is 2. The second-order valence-electron chi connectivity index (χ2n) is 4.30. The molecule has 0 saturated carbocycles. The molecule has 2 rings (SSSR count). The molecule has 5 heteroatoms. The molecule has 0 aromatic heterocycles. The highest BCUT2D eigenvalue weighted by Crippen LogP contribution is 2.38. The van der Waals surface area contributed by atoms with Crippen LogP contribution >= 0.6 is 0 Å². The molecule has 0 unspecified atom stereocenters. The van der Waals surface area contributed by atoms with Crippen LogP contribution in [0.4, 0.5) is 11.4 Å². The number of benzene rings is 1. The molecule has 0 radical (unpaired) electrons. The highest BCUT2D eigenvalue weighted by molar-refractivity contribution is 5.94. The standard InChI is InChI=1S/C13H18N2O3/c1-2-3-4-5-13(16)15-10-7-12-11(6-9(10)14)17-8-18-12/h6-7H,2-5,8,14H2,1H3,(H,15,16). The smallest absolute Gasteiger partial charge is 0.231 e. The first kappa shape index (κ1) is 12.5. The lowest BCUT2D eigenvalue weighted by atomic mass is 10.2. The maximum absolute atomic E-state index is 11.7. The van der Waals surface area contributed by atoms with Gasteiger partial charge in [-0.25, -0.2) is 0 Å². The SMILES string of the molecule is CCCCCC(=O)Nc1cc2c(cc1N)OCO2. The highest BCUT2D eigenvalue weighted by atomic mass is 16.7. The van der Waals surface area contributed by atoms with E-state index >= 15 is 0 Å². The Morgan fingerprint density at radius 3 is 2.78 bits per heavy atom. The van der Waals surface area contributed by atoms with Crippen molar-refractivity contribution < 1.29 is 14.3 Å². The van der Waals surface area contributed by atoms with Crippen molar-refractivity contribution in [3.63, 3.8) is 0 Å². The molecule has 0 spiro atoms. The van der Waals surface area contributed by atoms with Crippen molar-refractivity contribution in [1.82, 2.24) is 0 Å². The number of nitrogen functional groups attached to an aromatic ring is 1. The predicted octanol–water partition coefficient (Wildman–Crippen LogP) is 2.52. The molecule has 18 heavy (non-hydrogen) atoms. The molecule has 1 heterocycles. The monoisotopic (exact) mass is 250 g/mol. The number of ether oxygens (including phenoxy) is 2. The number of amides is 1. The van der Waals surface area contributed by atoms with E-state index in [1.54, 1.807) is 12.1 Å². The lowest BCUT2D eigenvalue weighted by Crippen LogP contribution is -2.12. The van der Waals surface area contributed by atoms with Gasteiger partial charge in [0, 0.05) is 18.6 Å². The molecular formula is C13H18N2O3. The molecule has 0 saturated heterocycles. The van der Waals surface area contributed by atoms with Crippen LogP contribution < -0.4 is 20.5 Å². The quantitative estimate of drug-likeness (QED) is 0.622. The van der Waals surface area contributed by atoms with E-state index in [9.17, 15) is 4.79 Å². The Bertz CT molecular complexity index is 446. The minimum absolute atomic E-state index is 0.0194. The van der Waals surface area contributed by atoms with Crippen LogP contribution in [-0.4, -0.2) is 12.7 Å². The number of carbonyl (C=O) groups excluding carboxylic acids is 1. The van der Waals surface area contributed by atoms with Crippen molar-refractivity contribution in [2.45, 2.75) is 32.6 Å². The Morgan fingerprint density at radius 1 is 1.33 bits per heavy atom. The minimum Gasteiger partial charge on any atom is -0.454 e. The fraction of sp³-hybridized carbons (Fsp3) is 0.462. The average molecular weight is 250 g/mol. The van der Waals surface area contributed by atoms with E-state index in [4.69, 9.17) is 15.2 Å². The molecule has 98 valence electrons. The first-order chi connectivity index (χ1) is 8.70. The van der Waals surface area contributed by atoms with Gasteiger partial charge in [-0.1, -0.05) is 19.8 Å². The van der Waals surface area contributed by atoms with Gasteiger partial charge >= 0.3 is 0 Å². The third kappa shape index (κ3) is 2.85. The molecule has 1 aliphatic rings. The third-order valence-corrected chi connectivity index (χ3v) is 2.83. The number of hydrogen-bond donors (Lipinski definition) is 2. The normalized spacial score (nSPS) is 12.5. The zero-order chi connectivity index (χ0) is 13.0. The van der Waals surface area contributed by atoms with Gasteiger partial charge in [0.15, 0.2) is 11.5 Å². The number of fused-ring (bicyclic) bond motifs is 1. The van der Waals surface area contributed by atoms with Crippen molar-refractivity contribution in [3.8, 4) is 11.5 Å². The summed E-state index contributed by atoms with van der Waals surface area (Å²) in [6, 6.07) is 3.37. The summed E-state index contributed by atoms with van der Waals surface area (Å²) in [6.07, 6.45) is 3.57. The second kappa shape index (κ2) is 5.62. The van der Waals surface area contributed by atoms with Crippen molar-refractivity contribution >= 4 is 17.3 Å². The van der Waals surface area contributed by atoms with Gasteiger partial charge in [0.2, 0.25) is 12.7 Å². The Kier molecular flexibility index (Phi) is 3.92. The zero-order valence-corrected chi connectivity index (χ0v) is 10.5. The van der Waals surface area contributed by atoms with Crippen LogP contribution in [0.15, 0.2) is 12.1 Å². The van der Waals surface area contributed by atoms with Crippen molar-refractivity contribution in [2.24, 2.45) is 0 Å². The number of rotatable bonds is 5. The molecule has 1 aromatic rings. The molecule has 0 aliphatic carbocycles. The van der Waals surface area contributed by atoms with Gasteiger partial charge in [0.1, 0.15) is 0 Å². The molecular weight excluding hydrogens is 232 g/mol. The van der Waals surface area contributed by atoms with Gasteiger partial charge in [-0.3, -0.25) is 4.79 Å². The average Bonchev–Trinajstić information content (AvgIpc) is 2.77. The van der Waals surface area contributed by atoms with E-state index in [-0.39, 0.29) is 12.7 Å². The minimum atomic E-state index is -0.0194. The maximum Gasteiger partial charge on any atom is 0.231 e. The fourth-order valence-electron chi connectivity index (χ4n) is 1.81. The predicted molar refractivity (Wildman–Crippen MR) is 69.7 cm³/mol. The summed E-state index contributed by atoms with van der Waals surface area (Å²) in [7, 11) is 0. The molecule has 1 aromatic carbocycles. The lowest BCUT2D eigenvalue weighted by molar-refractivity contribution is -0.116. The number of carbonyl (C=O) groups is 1. The van der Waals surface area contributed by atoms with Crippen molar-refractivity contribution in [3.05, 3.63) is 12.1 Å². The van der Waals surface area contributed by atoms with Gasteiger partial charge < -0.3 is 20.5 Å². The van der Waals surface area contributed by atoms with Crippen LogP contribution in [0.1, 0.15) is 32.6 Å². The Hall–Kier alpha value is -1.91. The zero-order valence-electron chi connectivity index (χ0n) is 10.5. The number of unbranched alkanes of at least 4 members (excludes halogenated alkanes) is 2. The van der Waals surface area contributed by atoms with E-state index < -0.39 is 0 Å². The van der Waals surface area contributed by atoms with Crippen LogP contribution in [0.5, 0.6) is 11.5 Å². The number of nitrogens with two attached hydrogens (primary N) is 1. The lowest BCUT2D eigenvalue weighted by Gasteiger charge is -2.09. The Morgan fingerprint density at radius 2 is 2.06 bits per heavy atom. The fourth-order valence-corrected chi connectivity index (χ4v) is 1.81. The molecule has 0 atom stereocenters. The van der Waals surface area contributed by atoms with Gasteiger partial charge in [0.05, 0.1) is 11.4 Å². The summed E-state index contributed by atoms with van der Waals surface area (Å²) < 4.78 is 10.4. The van der Waals surface area contributed by atoms with E-state index in [1.165, 1.54) is 0 Å². The van der Waals surface area contributed by atoms with Gasteiger partial charge in [0.25, 0.3) is 0 Å². The maximum atomic E-state index is 11.7. The van der Waals surface area contributed by atoms with E-state index in [2.05, 4.69) is 12.2 Å². The van der Waals surface area contributed by atoms with Gasteiger partial charge in [-0.05, 0) is 6.42 Å². The molecule has 1 aliphatic heterocycles. The molecule has 5 nitrogen and oxygen atoms in total. The van der Waals surface area contributed by atoms with Crippen LogP contribution in [-0.2, 0) is 4.79 Å². The van der Waals surface area contributed by atoms with Gasteiger partial charge in [-0.2, -0.15) is 0 Å². The summed E-state index contributed by atoms with van der Waals surface area (Å²) in [5, 5.41) is 2.80. The van der Waals surface area contributed by atoms with Crippen molar-refractivity contribution in [2.75, 3.05) is 17.8 Å². The number of hydrogen-bond acceptors (Lipinski definition) is 4. The third-order valence-electron chi connectivity index (χ3n) is 2.83. The Balaban J connectivity index is 1.99. The number of nitrogens with one attached hydrogen (secondary N) is 1. The highest BCUT2D eigenvalue weighted by Gasteiger charge is 2.16. The van der Waals surface area contributed by atoms with Crippen molar-refractivity contribution in [1.29, 1.82) is 0 Å². The molecule has 3 N–H and O–H groups in total. The summed E-state index contributed by atoms with van der Waals surface area (Å²) >= 11 is 0. The van der Waals surface area contributed by atoms with Crippen LogP contribution in [0.3, 0.4) is 0 Å². The first-order valence-electron chi connectivity index (χ1n) is 6.19. The topological polar surface area (TPSA) is 73.6 Å². The Labute approximate surface area is 106 Å². The van der Waals surface area contributed by atoms with Crippen LogP contribution in [0, 0.1) is 0 Å². The van der Waals surface area contributed by atoms with Crippen LogP contribution in [0.25, 0.3) is 0 Å². The molecule has 0 bridgehead atoms. The summed E-state index contributed by atoms with van der Waals surface area (Å²) in [4.78, 5) is 11.7. The summed E-state index contributed by atoms with van der Waals surface area (Å²) in [6.45, 7) is 2.30. The van der Waals surface area contributed by atoms with Crippen LogP contribution in [0.2, 0.25) is 0 Å². The summed E-state index contributed by atoms with van der Waals surface area (Å²) in [5.74, 6) is 1.22. The van der Waals surface area contributed by atoms with E-state index in [1.807, 2.05) is 0 Å². The second-order valence-corrected chi connectivity index (χ2v) is 4.30. The first-order valence-corrected chi connectivity index (χ1v) is 6.19. The largest absolute Gasteiger partial charge is 0.454 e. The summed E-state index contributed by atoms with van der Waals surface area (Å²) in [5.41, 5.74) is 6.92. The van der Waals surface area contributed by atoms with Gasteiger partial charge in [-0.15, -0.1) is 0 Å². The molecule has 0 fully saturated rings.